The molecule has 2 rings (SSSR count). The lowest BCUT2D eigenvalue weighted by atomic mass is 10.2. The first kappa shape index (κ1) is 9.80. The van der Waals surface area contributed by atoms with Crippen LogP contribution in [-0.2, 0) is 0 Å². The third-order valence-corrected chi connectivity index (χ3v) is 3.30. The first-order chi connectivity index (χ1) is 6.74. The second kappa shape index (κ2) is 3.79. The van der Waals surface area contributed by atoms with Crippen molar-refractivity contribution < 1.29 is 9.13 Å². The molecule has 0 radical (unpaired) electrons. The number of hydrogen-bond donors (Lipinski definition) is 1. The smallest absolute Gasteiger partial charge is 0.158 e. The van der Waals surface area contributed by atoms with Crippen molar-refractivity contribution in [1.29, 1.82) is 0 Å². The average molecular weight is 228 g/mol. The van der Waals surface area contributed by atoms with Crippen LogP contribution in [0.2, 0.25) is 0 Å². The quantitative estimate of drug-likeness (QED) is 0.771. The Labute approximate surface area is 90.9 Å². The standard InChI is InChI=1S/C10H9FOS2/c1-2-12-6-4-3-5-7-8(6)9(11)10(13)14-7/h3-5,13H,2H2,1H3. The van der Waals surface area contributed by atoms with E-state index in [2.05, 4.69) is 12.6 Å². The van der Waals surface area contributed by atoms with E-state index in [-0.39, 0.29) is 5.82 Å². The van der Waals surface area contributed by atoms with Gasteiger partial charge in [0.05, 0.1) is 16.2 Å². The van der Waals surface area contributed by atoms with Crippen LogP contribution in [0.5, 0.6) is 5.75 Å². The molecule has 1 aromatic heterocycles. The van der Waals surface area contributed by atoms with Crippen molar-refractivity contribution in [2.45, 2.75) is 11.1 Å². The van der Waals surface area contributed by atoms with Crippen molar-refractivity contribution in [3.05, 3.63) is 24.0 Å². The van der Waals surface area contributed by atoms with E-state index in [9.17, 15) is 4.39 Å². The lowest BCUT2D eigenvalue weighted by molar-refractivity contribution is 0.343. The number of hydrogen-bond acceptors (Lipinski definition) is 3. The van der Waals surface area contributed by atoms with Crippen LogP contribution in [0.15, 0.2) is 22.4 Å². The molecule has 0 aliphatic carbocycles. The number of ether oxygens (including phenoxy) is 1. The van der Waals surface area contributed by atoms with Gasteiger partial charge in [0, 0.05) is 4.70 Å². The van der Waals surface area contributed by atoms with Gasteiger partial charge in [-0.1, -0.05) is 6.07 Å². The molecule has 1 nitrogen and oxygen atoms in total. The highest BCUT2D eigenvalue weighted by atomic mass is 32.2. The molecule has 0 aliphatic heterocycles. The third kappa shape index (κ3) is 1.48. The predicted molar refractivity (Wildman–Crippen MR) is 60.2 cm³/mol. The fourth-order valence-electron chi connectivity index (χ4n) is 1.34. The van der Waals surface area contributed by atoms with Crippen molar-refractivity contribution in [2.24, 2.45) is 0 Å². The van der Waals surface area contributed by atoms with Gasteiger partial charge in [-0.2, -0.15) is 0 Å². The Morgan fingerprint density at radius 1 is 1.50 bits per heavy atom. The number of thiophene rings is 1. The van der Waals surface area contributed by atoms with Crippen molar-refractivity contribution >= 4 is 34.1 Å². The minimum atomic E-state index is -0.280. The third-order valence-electron chi connectivity index (χ3n) is 1.90. The summed E-state index contributed by atoms with van der Waals surface area (Å²) in [6, 6.07) is 5.50. The molecule has 0 saturated heterocycles. The highest BCUT2D eigenvalue weighted by Gasteiger charge is 2.13. The average Bonchev–Trinajstić information content (AvgIpc) is 2.45. The highest BCUT2D eigenvalue weighted by molar-refractivity contribution is 7.83. The first-order valence-corrected chi connectivity index (χ1v) is 5.53. The topological polar surface area (TPSA) is 9.23 Å². The lowest BCUT2D eigenvalue weighted by Crippen LogP contribution is -1.91. The van der Waals surface area contributed by atoms with Crippen LogP contribution >= 0.6 is 24.0 Å². The molecule has 1 heterocycles. The van der Waals surface area contributed by atoms with Gasteiger partial charge >= 0.3 is 0 Å². The second-order valence-electron chi connectivity index (χ2n) is 2.78. The molecule has 0 amide bonds. The first-order valence-electron chi connectivity index (χ1n) is 4.26. The summed E-state index contributed by atoms with van der Waals surface area (Å²) in [6.07, 6.45) is 0. The summed E-state index contributed by atoms with van der Waals surface area (Å²) in [4.78, 5) is 0. The zero-order valence-corrected chi connectivity index (χ0v) is 9.29. The zero-order chi connectivity index (χ0) is 10.1. The fourth-order valence-corrected chi connectivity index (χ4v) is 2.59. The van der Waals surface area contributed by atoms with Gasteiger partial charge in [-0.15, -0.1) is 24.0 Å². The number of rotatable bonds is 2. The minimum Gasteiger partial charge on any atom is -0.493 e. The normalized spacial score (nSPS) is 10.8. The van der Waals surface area contributed by atoms with E-state index in [4.69, 9.17) is 4.74 Å². The molecule has 0 atom stereocenters. The molecule has 0 spiro atoms. The van der Waals surface area contributed by atoms with Gasteiger partial charge in [0.2, 0.25) is 0 Å². The molecule has 0 aliphatic rings. The maximum atomic E-state index is 13.6. The van der Waals surface area contributed by atoms with E-state index in [1.165, 1.54) is 11.3 Å². The van der Waals surface area contributed by atoms with Gasteiger partial charge in [-0.05, 0) is 19.1 Å². The molecule has 0 saturated carbocycles. The molecule has 4 heteroatoms. The maximum Gasteiger partial charge on any atom is 0.158 e. The number of thiol groups is 1. The van der Waals surface area contributed by atoms with E-state index in [0.29, 0.717) is 22.0 Å². The summed E-state index contributed by atoms with van der Waals surface area (Å²) in [5.74, 6) is 0.316. The summed E-state index contributed by atoms with van der Waals surface area (Å²) in [5, 5.41) is 0.546. The Balaban J connectivity index is 2.71. The molecule has 14 heavy (non-hydrogen) atoms. The Hall–Kier alpha value is -0.740. The van der Waals surface area contributed by atoms with Gasteiger partial charge < -0.3 is 4.74 Å². The number of benzene rings is 1. The van der Waals surface area contributed by atoms with Crippen LogP contribution < -0.4 is 4.74 Å². The monoisotopic (exact) mass is 228 g/mol. The van der Waals surface area contributed by atoms with E-state index in [0.717, 1.165) is 4.70 Å². The van der Waals surface area contributed by atoms with Crippen LogP contribution in [0.4, 0.5) is 4.39 Å². The molecule has 74 valence electrons. The highest BCUT2D eigenvalue weighted by Crippen LogP contribution is 2.37. The summed E-state index contributed by atoms with van der Waals surface area (Å²) < 4.78 is 20.2. The number of halogens is 1. The van der Waals surface area contributed by atoms with Crippen molar-refractivity contribution in [3.63, 3.8) is 0 Å². The van der Waals surface area contributed by atoms with Gasteiger partial charge in [0.15, 0.2) is 5.82 Å². The SMILES string of the molecule is CCOc1cccc2sc(S)c(F)c12. The van der Waals surface area contributed by atoms with Crippen LogP contribution in [0.1, 0.15) is 6.92 Å². The Kier molecular flexibility index (Phi) is 2.65. The van der Waals surface area contributed by atoms with E-state index in [1.807, 2.05) is 19.1 Å². The molecule has 0 N–H and O–H groups in total. The Morgan fingerprint density at radius 2 is 2.29 bits per heavy atom. The van der Waals surface area contributed by atoms with Gasteiger partial charge in [0.1, 0.15) is 5.75 Å². The van der Waals surface area contributed by atoms with Gasteiger partial charge in [-0.3, -0.25) is 0 Å². The van der Waals surface area contributed by atoms with Crippen LogP contribution in [-0.4, -0.2) is 6.61 Å². The molecular weight excluding hydrogens is 219 g/mol. The summed E-state index contributed by atoms with van der Waals surface area (Å²) >= 11 is 5.39. The minimum absolute atomic E-state index is 0.280. The summed E-state index contributed by atoms with van der Waals surface area (Å²) in [6.45, 7) is 2.42. The zero-order valence-electron chi connectivity index (χ0n) is 7.58. The summed E-state index contributed by atoms with van der Waals surface area (Å²) in [7, 11) is 0. The Bertz CT molecular complexity index is 464. The fraction of sp³-hybridized carbons (Fsp3) is 0.200. The Morgan fingerprint density at radius 3 is 3.00 bits per heavy atom. The molecule has 2 aromatic rings. The summed E-state index contributed by atoms with van der Waals surface area (Å²) in [5.41, 5.74) is 0. The van der Waals surface area contributed by atoms with Crippen molar-refractivity contribution in [1.82, 2.24) is 0 Å². The molecule has 1 aromatic carbocycles. The largest absolute Gasteiger partial charge is 0.493 e. The van der Waals surface area contributed by atoms with Crippen LogP contribution in [0.25, 0.3) is 10.1 Å². The van der Waals surface area contributed by atoms with Gasteiger partial charge in [0.25, 0.3) is 0 Å². The molecule has 0 unspecified atom stereocenters. The van der Waals surface area contributed by atoms with Crippen molar-refractivity contribution in [3.8, 4) is 5.75 Å². The van der Waals surface area contributed by atoms with Crippen molar-refractivity contribution in [2.75, 3.05) is 6.61 Å². The van der Waals surface area contributed by atoms with Gasteiger partial charge in [-0.25, -0.2) is 4.39 Å². The van der Waals surface area contributed by atoms with E-state index in [1.54, 1.807) is 6.07 Å². The molecular formula is C10H9FOS2. The van der Waals surface area contributed by atoms with Crippen LogP contribution in [0.3, 0.4) is 0 Å². The van der Waals surface area contributed by atoms with E-state index < -0.39 is 0 Å². The molecule has 0 bridgehead atoms. The number of fused-ring (bicyclic) bond motifs is 1. The van der Waals surface area contributed by atoms with E-state index >= 15 is 0 Å². The van der Waals surface area contributed by atoms with Crippen LogP contribution in [0, 0.1) is 5.82 Å². The molecule has 0 fully saturated rings. The maximum absolute atomic E-state index is 13.6. The predicted octanol–water partition coefficient (Wildman–Crippen LogP) is 3.73. The second-order valence-corrected chi connectivity index (χ2v) is 4.59. The lowest BCUT2D eigenvalue weighted by Gasteiger charge is -2.03.